The quantitative estimate of drug-likeness (QED) is 0.572. The molecule has 2 rings (SSSR count). The van der Waals surface area contributed by atoms with Crippen LogP contribution in [0.2, 0.25) is 0 Å². The predicted molar refractivity (Wildman–Crippen MR) is 57.0 cm³/mol. The molecule has 4 heteroatoms. The first-order valence-electron chi connectivity index (χ1n) is 4.46. The van der Waals surface area contributed by atoms with E-state index < -0.39 is 0 Å². The molecule has 78 valence electrons. The lowest BCUT2D eigenvalue weighted by molar-refractivity contribution is 0.394. The Morgan fingerprint density at radius 1 is 1.29 bits per heavy atom. The van der Waals surface area contributed by atoms with Crippen molar-refractivity contribution in [2.24, 2.45) is 5.73 Å². The normalized spacial score (nSPS) is 19.6. The van der Waals surface area contributed by atoms with Crippen LogP contribution in [0.3, 0.4) is 0 Å². The molecule has 0 amide bonds. The fourth-order valence-electron chi connectivity index (χ4n) is 1.85. The van der Waals surface area contributed by atoms with Gasteiger partial charge in [-0.15, -0.1) is 12.4 Å². The van der Waals surface area contributed by atoms with Crippen molar-refractivity contribution in [2.45, 2.75) is 25.3 Å². The summed E-state index contributed by atoms with van der Waals surface area (Å²) < 4.78 is 0. The molecule has 1 atom stereocenters. The molecule has 1 aromatic carbocycles. The molecule has 1 aromatic rings. The Hall–Kier alpha value is -0.930. The van der Waals surface area contributed by atoms with Crippen molar-refractivity contribution in [3.05, 3.63) is 23.3 Å². The van der Waals surface area contributed by atoms with E-state index >= 15 is 0 Å². The van der Waals surface area contributed by atoms with E-state index in [1.165, 1.54) is 6.07 Å². The average molecular weight is 216 g/mol. The molecule has 0 saturated heterocycles. The van der Waals surface area contributed by atoms with Crippen LogP contribution in [0.5, 0.6) is 11.5 Å². The third-order valence-electron chi connectivity index (χ3n) is 2.61. The summed E-state index contributed by atoms with van der Waals surface area (Å²) >= 11 is 0. The predicted octanol–water partition coefficient (Wildman–Crippen LogP) is 1.34. The highest BCUT2D eigenvalue weighted by atomic mass is 35.5. The van der Waals surface area contributed by atoms with E-state index in [4.69, 9.17) is 5.73 Å². The number of halogens is 1. The minimum Gasteiger partial charge on any atom is -0.504 e. The topological polar surface area (TPSA) is 66.5 Å². The number of benzene rings is 1. The van der Waals surface area contributed by atoms with E-state index in [9.17, 15) is 10.2 Å². The van der Waals surface area contributed by atoms with Crippen LogP contribution < -0.4 is 5.73 Å². The van der Waals surface area contributed by atoms with E-state index in [0.717, 1.165) is 30.4 Å². The molecule has 0 heterocycles. The number of hydrogen-bond donors (Lipinski definition) is 3. The molecule has 0 radical (unpaired) electrons. The van der Waals surface area contributed by atoms with Gasteiger partial charge in [-0.1, -0.05) is 6.07 Å². The molecule has 1 aliphatic carbocycles. The van der Waals surface area contributed by atoms with Gasteiger partial charge in [-0.3, -0.25) is 0 Å². The SMILES string of the molecule is Cl.NC1CCc2c(ccc(O)c2O)C1. The van der Waals surface area contributed by atoms with Crippen molar-refractivity contribution in [1.29, 1.82) is 0 Å². The van der Waals surface area contributed by atoms with Gasteiger partial charge in [-0.2, -0.15) is 0 Å². The second-order valence-electron chi connectivity index (χ2n) is 3.57. The van der Waals surface area contributed by atoms with Crippen LogP contribution in [-0.2, 0) is 12.8 Å². The van der Waals surface area contributed by atoms with Gasteiger partial charge in [0.05, 0.1) is 0 Å². The van der Waals surface area contributed by atoms with Gasteiger partial charge in [0.1, 0.15) is 0 Å². The maximum atomic E-state index is 9.54. The first-order chi connectivity index (χ1) is 6.18. The van der Waals surface area contributed by atoms with Crippen molar-refractivity contribution < 1.29 is 10.2 Å². The smallest absolute Gasteiger partial charge is 0.160 e. The number of hydrogen-bond acceptors (Lipinski definition) is 3. The Bertz CT molecular complexity index is 341. The van der Waals surface area contributed by atoms with Gasteiger partial charge in [-0.25, -0.2) is 0 Å². The van der Waals surface area contributed by atoms with Crippen LogP contribution in [0.25, 0.3) is 0 Å². The summed E-state index contributed by atoms with van der Waals surface area (Å²) in [6, 6.07) is 3.55. The molecule has 0 spiro atoms. The Kier molecular flexibility index (Phi) is 3.24. The van der Waals surface area contributed by atoms with Crippen molar-refractivity contribution >= 4 is 12.4 Å². The van der Waals surface area contributed by atoms with Crippen LogP contribution in [-0.4, -0.2) is 16.3 Å². The van der Waals surface area contributed by atoms with Crippen LogP contribution >= 0.6 is 12.4 Å². The molecular formula is C10H14ClNO2. The van der Waals surface area contributed by atoms with Crippen LogP contribution in [0, 0.1) is 0 Å². The monoisotopic (exact) mass is 215 g/mol. The second-order valence-corrected chi connectivity index (χ2v) is 3.57. The van der Waals surface area contributed by atoms with Gasteiger partial charge in [0, 0.05) is 11.6 Å². The zero-order chi connectivity index (χ0) is 9.42. The van der Waals surface area contributed by atoms with E-state index in [-0.39, 0.29) is 29.9 Å². The fraction of sp³-hybridized carbons (Fsp3) is 0.400. The number of nitrogens with two attached hydrogens (primary N) is 1. The largest absolute Gasteiger partial charge is 0.504 e. The van der Waals surface area contributed by atoms with Gasteiger partial charge in [0.2, 0.25) is 0 Å². The van der Waals surface area contributed by atoms with Crippen LogP contribution in [0.15, 0.2) is 12.1 Å². The number of rotatable bonds is 0. The van der Waals surface area contributed by atoms with Gasteiger partial charge < -0.3 is 15.9 Å². The molecular weight excluding hydrogens is 202 g/mol. The Balaban J connectivity index is 0.000000980. The highest BCUT2D eigenvalue weighted by molar-refractivity contribution is 5.85. The Morgan fingerprint density at radius 3 is 2.71 bits per heavy atom. The summed E-state index contributed by atoms with van der Waals surface area (Å²) in [4.78, 5) is 0. The third-order valence-corrected chi connectivity index (χ3v) is 2.61. The molecule has 3 nitrogen and oxygen atoms in total. The van der Waals surface area contributed by atoms with E-state index in [1.807, 2.05) is 6.07 Å². The molecule has 1 aliphatic rings. The Labute approximate surface area is 89.0 Å². The molecule has 1 unspecified atom stereocenters. The summed E-state index contributed by atoms with van der Waals surface area (Å²) in [5.74, 6) is -0.00128. The second kappa shape index (κ2) is 4.07. The molecule has 0 aromatic heterocycles. The number of phenolic OH excluding ortho intramolecular Hbond substituents is 2. The summed E-state index contributed by atoms with van der Waals surface area (Å²) in [6.07, 6.45) is 2.43. The molecule has 14 heavy (non-hydrogen) atoms. The summed E-state index contributed by atoms with van der Waals surface area (Å²) in [7, 11) is 0. The number of phenols is 2. The highest BCUT2D eigenvalue weighted by Gasteiger charge is 2.19. The van der Waals surface area contributed by atoms with Crippen molar-refractivity contribution in [3.8, 4) is 11.5 Å². The van der Waals surface area contributed by atoms with Crippen LogP contribution in [0.1, 0.15) is 17.5 Å². The minimum atomic E-state index is -0.0331. The molecule has 0 bridgehead atoms. The molecule has 0 saturated carbocycles. The fourth-order valence-corrected chi connectivity index (χ4v) is 1.85. The van der Waals surface area contributed by atoms with Crippen LogP contribution in [0.4, 0.5) is 0 Å². The maximum Gasteiger partial charge on any atom is 0.160 e. The van der Waals surface area contributed by atoms with Gasteiger partial charge in [0.15, 0.2) is 11.5 Å². The molecule has 4 N–H and O–H groups in total. The van der Waals surface area contributed by atoms with Crippen molar-refractivity contribution in [3.63, 3.8) is 0 Å². The standard InChI is InChI=1S/C10H13NO2.ClH/c11-7-2-3-8-6(5-7)1-4-9(12)10(8)13;/h1,4,7,12-13H,2-3,5,11H2;1H. The van der Waals surface area contributed by atoms with E-state index in [0.29, 0.717) is 0 Å². The summed E-state index contributed by atoms with van der Waals surface area (Å²) in [5.41, 5.74) is 7.72. The number of aromatic hydroxyl groups is 2. The third kappa shape index (κ3) is 1.79. The zero-order valence-corrected chi connectivity index (χ0v) is 8.55. The van der Waals surface area contributed by atoms with E-state index in [2.05, 4.69) is 0 Å². The van der Waals surface area contributed by atoms with Gasteiger partial charge >= 0.3 is 0 Å². The zero-order valence-electron chi connectivity index (χ0n) is 7.73. The first-order valence-corrected chi connectivity index (χ1v) is 4.46. The van der Waals surface area contributed by atoms with Gasteiger partial charge in [0.25, 0.3) is 0 Å². The number of fused-ring (bicyclic) bond motifs is 1. The van der Waals surface area contributed by atoms with Crippen molar-refractivity contribution in [2.75, 3.05) is 0 Å². The van der Waals surface area contributed by atoms with Crippen molar-refractivity contribution in [1.82, 2.24) is 0 Å². The summed E-state index contributed by atoms with van der Waals surface area (Å²) in [5, 5.41) is 18.8. The lowest BCUT2D eigenvalue weighted by atomic mass is 9.88. The Morgan fingerprint density at radius 2 is 2.00 bits per heavy atom. The summed E-state index contributed by atoms with van der Waals surface area (Å²) in [6.45, 7) is 0. The minimum absolute atomic E-state index is 0. The van der Waals surface area contributed by atoms with Gasteiger partial charge in [-0.05, 0) is 30.9 Å². The molecule has 0 fully saturated rings. The van der Waals surface area contributed by atoms with E-state index in [1.54, 1.807) is 0 Å². The lowest BCUT2D eigenvalue weighted by Gasteiger charge is -2.22. The lowest BCUT2D eigenvalue weighted by Crippen LogP contribution is -2.27. The average Bonchev–Trinajstić information content (AvgIpc) is 2.12. The first kappa shape index (κ1) is 11.1. The maximum absolute atomic E-state index is 9.54. The highest BCUT2D eigenvalue weighted by Crippen LogP contribution is 2.35. The molecule has 0 aliphatic heterocycles.